The van der Waals surface area contributed by atoms with E-state index in [0.717, 1.165) is 31.7 Å². The SMILES string of the molecule is COc1cc(CC(O)C2CCOCC2)ncn1. The zero-order valence-corrected chi connectivity index (χ0v) is 10.0. The topological polar surface area (TPSA) is 64.5 Å². The molecule has 1 aromatic rings. The molecule has 1 aromatic heterocycles. The monoisotopic (exact) mass is 238 g/mol. The highest BCUT2D eigenvalue weighted by Crippen LogP contribution is 2.21. The van der Waals surface area contributed by atoms with Crippen LogP contribution in [-0.4, -0.2) is 41.5 Å². The third kappa shape index (κ3) is 3.38. The predicted octanol–water partition coefficient (Wildman–Crippen LogP) is 0.815. The summed E-state index contributed by atoms with van der Waals surface area (Å²) in [7, 11) is 1.57. The summed E-state index contributed by atoms with van der Waals surface area (Å²) in [6.07, 6.45) is 3.49. The summed E-state index contributed by atoms with van der Waals surface area (Å²) in [5.74, 6) is 0.846. The van der Waals surface area contributed by atoms with Crippen molar-refractivity contribution >= 4 is 0 Å². The third-order valence-corrected chi connectivity index (χ3v) is 3.14. The maximum atomic E-state index is 10.1. The molecule has 0 amide bonds. The van der Waals surface area contributed by atoms with Gasteiger partial charge in [0, 0.05) is 25.7 Å². The molecule has 5 nitrogen and oxygen atoms in total. The molecule has 2 heterocycles. The Kier molecular flexibility index (Phi) is 4.28. The lowest BCUT2D eigenvalue weighted by molar-refractivity contribution is 0.00803. The number of methoxy groups -OCH3 is 1. The molecule has 1 atom stereocenters. The van der Waals surface area contributed by atoms with Gasteiger partial charge in [-0.2, -0.15) is 0 Å². The van der Waals surface area contributed by atoms with Crippen LogP contribution in [0.1, 0.15) is 18.5 Å². The van der Waals surface area contributed by atoms with Gasteiger partial charge in [0.15, 0.2) is 0 Å². The van der Waals surface area contributed by atoms with Crippen LogP contribution < -0.4 is 4.74 Å². The molecule has 1 fully saturated rings. The fourth-order valence-electron chi connectivity index (χ4n) is 2.08. The van der Waals surface area contributed by atoms with E-state index in [2.05, 4.69) is 9.97 Å². The van der Waals surface area contributed by atoms with E-state index in [4.69, 9.17) is 9.47 Å². The minimum atomic E-state index is -0.362. The Bertz CT molecular complexity index is 353. The van der Waals surface area contributed by atoms with Crippen LogP contribution in [0.2, 0.25) is 0 Å². The Morgan fingerprint density at radius 2 is 2.24 bits per heavy atom. The average molecular weight is 238 g/mol. The van der Waals surface area contributed by atoms with Gasteiger partial charge in [-0.1, -0.05) is 0 Å². The van der Waals surface area contributed by atoms with Crippen molar-refractivity contribution in [1.29, 1.82) is 0 Å². The fraction of sp³-hybridized carbons (Fsp3) is 0.667. The number of hydrogen-bond acceptors (Lipinski definition) is 5. The molecule has 0 saturated carbocycles. The van der Waals surface area contributed by atoms with Crippen LogP contribution in [0, 0.1) is 5.92 Å². The van der Waals surface area contributed by atoms with Gasteiger partial charge in [-0.15, -0.1) is 0 Å². The van der Waals surface area contributed by atoms with E-state index in [-0.39, 0.29) is 6.10 Å². The molecule has 2 rings (SSSR count). The molecule has 0 aliphatic carbocycles. The molecule has 0 spiro atoms. The van der Waals surface area contributed by atoms with Crippen molar-refractivity contribution in [2.75, 3.05) is 20.3 Å². The van der Waals surface area contributed by atoms with E-state index in [1.165, 1.54) is 6.33 Å². The van der Waals surface area contributed by atoms with Crippen molar-refractivity contribution in [3.05, 3.63) is 18.1 Å². The second kappa shape index (κ2) is 5.93. The largest absolute Gasteiger partial charge is 0.481 e. The van der Waals surface area contributed by atoms with E-state index in [0.29, 0.717) is 18.2 Å². The molecule has 1 aliphatic heterocycles. The summed E-state index contributed by atoms with van der Waals surface area (Å²) in [4.78, 5) is 8.08. The summed E-state index contributed by atoms with van der Waals surface area (Å²) in [5.41, 5.74) is 0.816. The zero-order valence-electron chi connectivity index (χ0n) is 10.0. The van der Waals surface area contributed by atoms with E-state index < -0.39 is 0 Å². The summed E-state index contributed by atoms with van der Waals surface area (Å²) in [6.45, 7) is 1.49. The first-order valence-corrected chi connectivity index (χ1v) is 5.90. The highest BCUT2D eigenvalue weighted by atomic mass is 16.5. The van der Waals surface area contributed by atoms with Gasteiger partial charge < -0.3 is 14.6 Å². The summed E-state index contributed by atoms with van der Waals surface area (Å²) in [6, 6.07) is 1.77. The lowest BCUT2D eigenvalue weighted by Crippen LogP contribution is -2.29. The maximum absolute atomic E-state index is 10.1. The molecule has 1 unspecified atom stereocenters. The number of aromatic nitrogens is 2. The molecular formula is C12H18N2O3. The number of nitrogens with zero attached hydrogens (tertiary/aromatic N) is 2. The second-order valence-electron chi connectivity index (χ2n) is 4.27. The van der Waals surface area contributed by atoms with Gasteiger partial charge >= 0.3 is 0 Å². The third-order valence-electron chi connectivity index (χ3n) is 3.14. The molecule has 1 saturated heterocycles. The van der Waals surface area contributed by atoms with Gasteiger partial charge in [-0.3, -0.25) is 0 Å². The standard InChI is InChI=1S/C12H18N2O3/c1-16-12-7-10(13-8-14-12)6-11(15)9-2-4-17-5-3-9/h7-9,11,15H,2-6H2,1H3. The van der Waals surface area contributed by atoms with E-state index in [1.807, 2.05) is 0 Å². The smallest absolute Gasteiger partial charge is 0.216 e. The van der Waals surface area contributed by atoms with Crippen molar-refractivity contribution in [2.45, 2.75) is 25.4 Å². The van der Waals surface area contributed by atoms with Crippen LogP contribution in [0.25, 0.3) is 0 Å². The van der Waals surface area contributed by atoms with Crippen LogP contribution in [0.5, 0.6) is 5.88 Å². The van der Waals surface area contributed by atoms with Crippen molar-refractivity contribution < 1.29 is 14.6 Å². The number of aliphatic hydroxyl groups is 1. The first-order chi connectivity index (χ1) is 8.29. The Hall–Kier alpha value is -1.20. The molecule has 1 aliphatic rings. The Balaban J connectivity index is 1.94. The van der Waals surface area contributed by atoms with Crippen LogP contribution in [0.4, 0.5) is 0 Å². The molecule has 0 aromatic carbocycles. The Morgan fingerprint density at radius 3 is 2.94 bits per heavy atom. The first kappa shape index (κ1) is 12.3. The molecular weight excluding hydrogens is 220 g/mol. The lowest BCUT2D eigenvalue weighted by Gasteiger charge is -2.26. The van der Waals surface area contributed by atoms with Crippen LogP contribution >= 0.6 is 0 Å². The number of rotatable bonds is 4. The number of hydrogen-bond donors (Lipinski definition) is 1. The lowest BCUT2D eigenvalue weighted by atomic mass is 9.91. The highest BCUT2D eigenvalue weighted by molar-refractivity contribution is 5.14. The van der Waals surface area contributed by atoms with E-state index >= 15 is 0 Å². The minimum Gasteiger partial charge on any atom is -0.481 e. The Morgan fingerprint density at radius 1 is 1.47 bits per heavy atom. The van der Waals surface area contributed by atoms with Crippen LogP contribution in [0.3, 0.4) is 0 Å². The van der Waals surface area contributed by atoms with Gasteiger partial charge in [-0.05, 0) is 18.8 Å². The minimum absolute atomic E-state index is 0.310. The first-order valence-electron chi connectivity index (χ1n) is 5.90. The van der Waals surface area contributed by atoms with E-state index in [9.17, 15) is 5.11 Å². The normalized spacial score (nSPS) is 18.9. The summed E-state index contributed by atoms with van der Waals surface area (Å²) < 4.78 is 10.3. The van der Waals surface area contributed by atoms with Crippen molar-refractivity contribution in [3.8, 4) is 5.88 Å². The molecule has 5 heteroatoms. The Labute approximate surface area is 101 Å². The summed E-state index contributed by atoms with van der Waals surface area (Å²) in [5, 5.41) is 10.1. The molecule has 1 N–H and O–H groups in total. The van der Waals surface area contributed by atoms with Gasteiger partial charge in [0.05, 0.1) is 18.9 Å². The van der Waals surface area contributed by atoms with Gasteiger partial charge in [-0.25, -0.2) is 9.97 Å². The quantitative estimate of drug-likeness (QED) is 0.841. The molecule has 0 bridgehead atoms. The van der Waals surface area contributed by atoms with Crippen molar-refractivity contribution in [2.24, 2.45) is 5.92 Å². The zero-order chi connectivity index (χ0) is 12.1. The summed E-state index contributed by atoms with van der Waals surface area (Å²) >= 11 is 0. The van der Waals surface area contributed by atoms with E-state index in [1.54, 1.807) is 13.2 Å². The predicted molar refractivity (Wildman–Crippen MR) is 61.8 cm³/mol. The van der Waals surface area contributed by atoms with Crippen LogP contribution in [-0.2, 0) is 11.2 Å². The molecule has 94 valence electrons. The van der Waals surface area contributed by atoms with Crippen molar-refractivity contribution in [1.82, 2.24) is 9.97 Å². The number of aliphatic hydroxyl groups excluding tert-OH is 1. The van der Waals surface area contributed by atoms with Gasteiger partial charge in [0.2, 0.25) is 5.88 Å². The fourth-order valence-corrected chi connectivity index (χ4v) is 2.08. The molecule has 17 heavy (non-hydrogen) atoms. The molecule has 0 radical (unpaired) electrons. The van der Waals surface area contributed by atoms with Crippen molar-refractivity contribution in [3.63, 3.8) is 0 Å². The van der Waals surface area contributed by atoms with Crippen LogP contribution in [0.15, 0.2) is 12.4 Å². The highest BCUT2D eigenvalue weighted by Gasteiger charge is 2.22. The number of ether oxygens (including phenoxy) is 2. The van der Waals surface area contributed by atoms with Gasteiger partial charge in [0.25, 0.3) is 0 Å². The van der Waals surface area contributed by atoms with Gasteiger partial charge in [0.1, 0.15) is 6.33 Å². The maximum Gasteiger partial charge on any atom is 0.216 e. The average Bonchev–Trinajstić information content (AvgIpc) is 2.40. The second-order valence-corrected chi connectivity index (χ2v) is 4.27.